The average Bonchev–Trinajstić information content (AvgIpc) is 3.07. The van der Waals surface area contributed by atoms with E-state index in [1.54, 1.807) is 31.5 Å². The highest BCUT2D eigenvalue weighted by Gasteiger charge is 2.37. The summed E-state index contributed by atoms with van der Waals surface area (Å²) in [5.41, 5.74) is 7.19. The van der Waals surface area contributed by atoms with Gasteiger partial charge in [-0.3, -0.25) is 9.78 Å². The Balaban J connectivity index is 0.00000169. The quantitative estimate of drug-likeness (QED) is 0.841. The number of carbonyl (C=O) groups excluding carboxylic acids is 1. The monoisotopic (exact) mass is 397 g/mol. The van der Waals surface area contributed by atoms with Gasteiger partial charge in [-0.05, 0) is 37.1 Å². The highest BCUT2D eigenvalue weighted by atomic mass is 35.5. The third kappa shape index (κ3) is 5.10. The minimum Gasteiger partial charge on any atom is -0.479 e. The standard InChI is InChI=1S/C19H23N3O2.2ClH/c1-14(24-17-8-5-9-21-11-17)19(23)22-12-16(10-20)18(13-22)15-6-3-2-4-7-15;;/h2-9,11,14,16,18H,10,12-13,20H2,1H3;2*1H/t14?,16-,18+;;/m1../s1. The summed E-state index contributed by atoms with van der Waals surface area (Å²) >= 11 is 0. The van der Waals surface area contributed by atoms with E-state index in [1.165, 1.54) is 5.56 Å². The zero-order valence-corrected chi connectivity index (χ0v) is 16.3. The lowest BCUT2D eigenvalue weighted by Crippen LogP contribution is -2.39. The molecular weight excluding hydrogens is 373 g/mol. The van der Waals surface area contributed by atoms with Crippen molar-refractivity contribution in [3.05, 3.63) is 60.4 Å². The number of rotatable bonds is 5. The lowest BCUT2D eigenvalue weighted by molar-refractivity contribution is -0.137. The number of nitrogens with zero attached hydrogens (tertiary/aromatic N) is 2. The molecule has 1 aliphatic rings. The Morgan fingerprint density at radius 2 is 1.96 bits per heavy atom. The Labute approximate surface area is 166 Å². The Morgan fingerprint density at radius 3 is 2.58 bits per heavy atom. The number of hydrogen-bond donors (Lipinski definition) is 1. The number of benzene rings is 1. The summed E-state index contributed by atoms with van der Waals surface area (Å²) in [6.45, 7) is 3.71. The van der Waals surface area contributed by atoms with Crippen LogP contribution in [0.2, 0.25) is 0 Å². The van der Waals surface area contributed by atoms with Crippen LogP contribution in [-0.4, -0.2) is 41.5 Å². The fraction of sp³-hybridized carbons (Fsp3) is 0.368. The number of aromatic nitrogens is 1. The minimum atomic E-state index is -0.540. The second-order valence-corrected chi connectivity index (χ2v) is 6.20. The van der Waals surface area contributed by atoms with E-state index < -0.39 is 6.10 Å². The molecule has 0 aliphatic carbocycles. The van der Waals surface area contributed by atoms with Gasteiger partial charge in [-0.1, -0.05) is 30.3 Å². The Kier molecular flexibility index (Phi) is 8.85. The molecule has 1 aromatic heterocycles. The summed E-state index contributed by atoms with van der Waals surface area (Å²) in [4.78, 5) is 18.6. The van der Waals surface area contributed by atoms with Crippen molar-refractivity contribution in [1.82, 2.24) is 9.88 Å². The fourth-order valence-corrected chi connectivity index (χ4v) is 3.30. The largest absolute Gasteiger partial charge is 0.479 e. The van der Waals surface area contributed by atoms with Crippen molar-refractivity contribution < 1.29 is 9.53 Å². The molecule has 26 heavy (non-hydrogen) atoms. The van der Waals surface area contributed by atoms with Gasteiger partial charge in [0, 0.05) is 25.2 Å². The molecule has 2 aromatic rings. The predicted octanol–water partition coefficient (Wildman–Crippen LogP) is 2.89. The molecule has 0 bridgehead atoms. The van der Waals surface area contributed by atoms with Gasteiger partial charge in [0.1, 0.15) is 5.75 Å². The van der Waals surface area contributed by atoms with Gasteiger partial charge in [-0.2, -0.15) is 0 Å². The normalized spacial score (nSPS) is 19.8. The third-order valence-electron chi connectivity index (χ3n) is 4.58. The molecule has 7 heteroatoms. The molecule has 1 aliphatic heterocycles. The van der Waals surface area contributed by atoms with Crippen LogP contribution < -0.4 is 10.5 Å². The smallest absolute Gasteiger partial charge is 0.263 e. The van der Waals surface area contributed by atoms with Gasteiger partial charge < -0.3 is 15.4 Å². The number of halogens is 2. The van der Waals surface area contributed by atoms with Crippen molar-refractivity contribution in [2.45, 2.75) is 18.9 Å². The van der Waals surface area contributed by atoms with Crippen LogP contribution >= 0.6 is 24.8 Å². The number of amides is 1. The lowest BCUT2D eigenvalue weighted by Gasteiger charge is -2.21. The van der Waals surface area contributed by atoms with E-state index in [0.29, 0.717) is 25.4 Å². The molecule has 2 N–H and O–H groups in total. The Hall–Kier alpha value is -1.82. The molecular formula is C19H25Cl2N3O2. The van der Waals surface area contributed by atoms with E-state index in [2.05, 4.69) is 17.1 Å². The fourth-order valence-electron chi connectivity index (χ4n) is 3.30. The average molecular weight is 398 g/mol. The van der Waals surface area contributed by atoms with Crippen LogP contribution in [0, 0.1) is 5.92 Å². The first-order valence-electron chi connectivity index (χ1n) is 8.29. The van der Waals surface area contributed by atoms with Crippen molar-refractivity contribution in [2.24, 2.45) is 11.7 Å². The molecule has 142 valence electrons. The number of ether oxygens (including phenoxy) is 1. The summed E-state index contributed by atoms with van der Waals surface area (Å²) < 4.78 is 5.71. The molecule has 2 heterocycles. The number of hydrogen-bond acceptors (Lipinski definition) is 4. The lowest BCUT2D eigenvalue weighted by atomic mass is 9.89. The van der Waals surface area contributed by atoms with E-state index in [9.17, 15) is 4.79 Å². The second kappa shape index (κ2) is 10.4. The molecule has 0 radical (unpaired) electrons. The van der Waals surface area contributed by atoms with Gasteiger partial charge in [-0.25, -0.2) is 0 Å². The summed E-state index contributed by atoms with van der Waals surface area (Å²) in [6, 6.07) is 13.9. The van der Waals surface area contributed by atoms with Crippen LogP contribution in [0.5, 0.6) is 5.75 Å². The van der Waals surface area contributed by atoms with Gasteiger partial charge in [-0.15, -0.1) is 24.8 Å². The molecule has 1 amide bonds. The van der Waals surface area contributed by atoms with Crippen molar-refractivity contribution in [2.75, 3.05) is 19.6 Å². The zero-order valence-electron chi connectivity index (χ0n) is 14.7. The van der Waals surface area contributed by atoms with Gasteiger partial charge in [0.2, 0.25) is 0 Å². The van der Waals surface area contributed by atoms with Crippen molar-refractivity contribution in [3.8, 4) is 5.75 Å². The van der Waals surface area contributed by atoms with Gasteiger partial charge >= 0.3 is 0 Å². The van der Waals surface area contributed by atoms with Crippen LogP contribution in [0.15, 0.2) is 54.9 Å². The van der Waals surface area contributed by atoms with E-state index in [1.807, 2.05) is 23.1 Å². The summed E-state index contributed by atoms with van der Waals surface area (Å²) in [5.74, 6) is 1.16. The summed E-state index contributed by atoms with van der Waals surface area (Å²) in [6.07, 6.45) is 2.75. The van der Waals surface area contributed by atoms with Gasteiger partial charge in [0.15, 0.2) is 6.10 Å². The molecule has 0 saturated carbocycles. The number of nitrogens with two attached hydrogens (primary N) is 1. The highest BCUT2D eigenvalue weighted by Crippen LogP contribution is 2.32. The van der Waals surface area contributed by atoms with E-state index >= 15 is 0 Å². The molecule has 3 rings (SSSR count). The maximum absolute atomic E-state index is 12.7. The molecule has 5 nitrogen and oxygen atoms in total. The maximum atomic E-state index is 12.7. The zero-order chi connectivity index (χ0) is 16.9. The number of pyridine rings is 1. The van der Waals surface area contributed by atoms with Crippen molar-refractivity contribution >= 4 is 30.7 Å². The molecule has 1 aromatic carbocycles. The number of likely N-dealkylation sites (tertiary alicyclic amines) is 1. The van der Waals surface area contributed by atoms with Crippen LogP contribution in [0.4, 0.5) is 0 Å². The van der Waals surface area contributed by atoms with Gasteiger partial charge in [0.25, 0.3) is 5.91 Å². The molecule has 3 atom stereocenters. The third-order valence-corrected chi connectivity index (χ3v) is 4.58. The minimum absolute atomic E-state index is 0. The summed E-state index contributed by atoms with van der Waals surface area (Å²) in [5, 5.41) is 0. The molecule has 1 fully saturated rings. The molecule has 1 unspecified atom stereocenters. The van der Waals surface area contributed by atoms with Crippen LogP contribution in [0.1, 0.15) is 18.4 Å². The first-order chi connectivity index (χ1) is 11.7. The second-order valence-electron chi connectivity index (χ2n) is 6.20. The topological polar surface area (TPSA) is 68.5 Å². The highest BCUT2D eigenvalue weighted by molar-refractivity contribution is 5.85. The first-order valence-corrected chi connectivity index (χ1v) is 8.29. The van der Waals surface area contributed by atoms with Gasteiger partial charge in [0.05, 0.1) is 6.20 Å². The van der Waals surface area contributed by atoms with Crippen LogP contribution in [-0.2, 0) is 4.79 Å². The molecule has 1 saturated heterocycles. The predicted molar refractivity (Wildman–Crippen MR) is 107 cm³/mol. The van der Waals surface area contributed by atoms with Crippen molar-refractivity contribution in [3.63, 3.8) is 0 Å². The SMILES string of the molecule is CC(Oc1cccnc1)C(=O)N1C[C@@H](CN)[C@H](c2ccccc2)C1.Cl.Cl. The Bertz CT molecular complexity index is 673. The maximum Gasteiger partial charge on any atom is 0.263 e. The van der Waals surface area contributed by atoms with Crippen molar-refractivity contribution in [1.29, 1.82) is 0 Å². The molecule has 0 spiro atoms. The Morgan fingerprint density at radius 1 is 1.23 bits per heavy atom. The van der Waals surface area contributed by atoms with E-state index in [4.69, 9.17) is 10.5 Å². The van der Waals surface area contributed by atoms with Crippen LogP contribution in [0.3, 0.4) is 0 Å². The first kappa shape index (κ1) is 22.2. The number of carbonyl (C=O) groups is 1. The van der Waals surface area contributed by atoms with E-state index in [-0.39, 0.29) is 42.6 Å². The van der Waals surface area contributed by atoms with E-state index in [0.717, 1.165) is 0 Å². The summed E-state index contributed by atoms with van der Waals surface area (Å²) in [7, 11) is 0. The van der Waals surface area contributed by atoms with Crippen LogP contribution in [0.25, 0.3) is 0 Å².